The van der Waals surface area contributed by atoms with Gasteiger partial charge in [-0.15, -0.1) is 0 Å². The van der Waals surface area contributed by atoms with Gasteiger partial charge in [-0.2, -0.15) is 5.10 Å². The van der Waals surface area contributed by atoms with Gasteiger partial charge in [0.05, 0.1) is 24.6 Å². The van der Waals surface area contributed by atoms with Crippen LogP contribution in [0.15, 0.2) is 53.2 Å². The lowest BCUT2D eigenvalue weighted by molar-refractivity contribution is 0.102. The van der Waals surface area contributed by atoms with E-state index in [1.807, 2.05) is 30.3 Å². The normalized spacial score (nSPS) is 11.1. The summed E-state index contributed by atoms with van der Waals surface area (Å²) in [5.41, 5.74) is 2.52. The van der Waals surface area contributed by atoms with Gasteiger partial charge in [-0.05, 0) is 12.1 Å². The van der Waals surface area contributed by atoms with Crippen LogP contribution in [0, 0.1) is 0 Å². The minimum Gasteiger partial charge on any atom is -0.495 e. The van der Waals surface area contributed by atoms with Crippen molar-refractivity contribution < 1.29 is 13.9 Å². The van der Waals surface area contributed by atoms with E-state index in [1.165, 1.54) is 6.20 Å². The van der Waals surface area contributed by atoms with Gasteiger partial charge in [0.2, 0.25) is 0 Å². The van der Waals surface area contributed by atoms with Crippen LogP contribution < -0.4 is 10.1 Å². The Labute approximate surface area is 137 Å². The molecule has 2 aromatic heterocycles. The van der Waals surface area contributed by atoms with Crippen LogP contribution in [0.5, 0.6) is 5.75 Å². The zero-order valence-corrected chi connectivity index (χ0v) is 13.2. The molecule has 0 fully saturated rings. The van der Waals surface area contributed by atoms with Crippen LogP contribution in [-0.2, 0) is 7.05 Å². The summed E-state index contributed by atoms with van der Waals surface area (Å²) in [6, 6.07) is 11.4. The molecule has 0 aliphatic heterocycles. The molecule has 1 amide bonds. The molecule has 2 aromatic carbocycles. The monoisotopic (exact) mass is 321 g/mol. The van der Waals surface area contributed by atoms with E-state index in [2.05, 4.69) is 10.4 Å². The molecule has 24 heavy (non-hydrogen) atoms. The number of methoxy groups -OCH3 is 1. The summed E-state index contributed by atoms with van der Waals surface area (Å²) in [7, 11) is 3.33. The number of nitrogens with zero attached hydrogens (tertiary/aromatic N) is 2. The zero-order valence-electron chi connectivity index (χ0n) is 13.2. The van der Waals surface area contributed by atoms with Crippen LogP contribution in [0.1, 0.15) is 10.4 Å². The Bertz CT molecular complexity index is 1060. The van der Waals surface area contributed by atoms with Crippen LogP contribution in [0.3, 0.4) is 0 Å². The van der Waals surface area contributed by atoms with Crippen LogP contribution >= 0.6 is 0 Å². The van der Waals surface area contributed by atoms with Gasteiger partial charge < -0.3 is 14.5 Å². The van der Waals surface area contributed by atoms with Gasteiger partial charge in [0, 0.05) is 30.1 Å². The molecule has 0 radical (unpaired) electrons. The summed E-state index contributed by atoms with van der Waals surface area (Å²) in [6.07, 6.45) is 3.17. The van der Waals surface area contributed by atoms with E-state index in [1.54, 1.807) is 31.1 Å². The van der Waals surface area contributed by atoms with Crippen LogP contribution in [0.4, 0.5) is 5.69 Å². The first-order valence-corrected chi connectivity index (χ1v) is 7.45. The van der Waals surface area contributed by atoms with Gasteiger partial charge in [0.15, 0.2) is 0 Å². The highest BCUT2D eigenvalue weighted by atomic mass is 16.5. The summed E-state index contributed by atoms with van der Waals surface area (Å²) < 4.78 is 12.9. The van der Waals surface area contributed by atoms with Crippen molar-refractivity contribution in [2.24, 2.45) is 7.05 Å². The highest BCUT2D eigenvalue weighted by Gasteiger charge is 2.15. The quantitative estimate of drug-likeness (QED) is 0.626. The maximum Gasteiger partial charge on any atom is 0.258 e. The minimum atomic E-state index is -0.253. The number of rotatable bonds is 3. The van der Waals surface area contributed by atoms with Gasteiger partial charge in [-0.25, -0.2) is 0 Å². The van der Waals surface area contributed by atoms with Gasteiger partial charge in [-0.1, -0.05) is 18.2 Å². The number of hydrogen-bond donors (Lipinski definition) is 1. The van der Waals surface area contributed by atoms with E-state index < -0.39 is 0 Å². The highest BCUT2D eigenvalue weighted by Crippen LogP contribution is 2.36. The van der Waals surface area contributed by atoms with Crippen LogP contribution in [0.25, 0.3) is 21.9 Å². The fourth-order valence-corrected chi connectivity index (χ4v) is 2.75. The first kappa shape index (κ1) is 14.3. The SMILES string of the molecule is COc1cc2c(cc1NC(=O)c1cnn(C)c1)oc1ccccc12. The average molecular weight is 321 g/mol. The number of carbonyl (C=O) groups is 1. The Kier molecular flexibility index (Phi) is 3.23. The number of hydrogen-bond acceptors (Lipinski definition) is 4. The highest BCUT2D eigenvalue weighted by molar-refractivity contribution is 6.09. The number of aromatic nitrogens is 2. The van der Waals surface area contributed by atoms with E-state index in [9.17, 15) is 4.79 Å². The number of amides is 1. The summed E-state index contributed by atoms with van der Waals surface area (Å²) in [6.45, 7) is 0. The Balaban J connectivity index is 1.79. The van der Waals surface area contributed by atoms with Crippen molar-refractivity contribution in [2.75, 3.05) is 12.4 Å². The number of benzene rings is 2. The maximum absolute atomic E-state index is 12.4. The second-order valence-corrected chi connectivity index (χ2v) is 5.50. The number of fused-ring (bicyclic) bond motifs is 3. The van der Waals surface area contributed by atoms with Crippen molar-refractivity contribution in [1.82, 2.24) is 9.78 Å². The molecule has 0 aliphatic carbocycles. The number of nitrogens with one attached hydrogen (secondary N) is 1. The van der Waals surface area contributed by atoms with Crippen molar-refractivity contribution in [1.29, 1.82) is 0 Å². The second kappa shape index (κ2) is 5.42. The average Bonchev–Trinajstić information content (AvgIpc) is 3.17. The zero-order chi connectivity index (χ0) is 16.7. The fraction of sp³-hybridized carbons (Fsp3) is 0.111. The first-order chi connectivity index (χ1) is 11.7. The van der Waals surface area contributed by atoms with Crippen molar-refractivity contribution in [3.8, 4) is 5.75 Å². The third-order valence-electron chi connectivity index (χ3n) is 3.91. The molecule has 6 heteroatoms. The molecular formula is C18H15N3O3. The van der Waals surface area contributed by atoms with Gasteiger partial charge in [0.1, 0.15) is 16.9 Å². The summed E-state index contributed by atoms with van der Waals surface area (Å²) in [5.74, 6) is 0.322. The van der Waals surface area contributed by atoms with Crippen molar-refractivity contribution >= 4 is 33.5 Å². The lowest BCUT2D eigenvalue weighted by atomic mass is 10.1. The summed E-state index contributed by atoms with van der Waals surface area (Å²) >= 11 is 0. The van der Waals surface area contributed by atoms with E-state index in [4.69, 9.17) is 9.15 Å². The number of aryl methyl sites for hydroxylation is 1. The topological polar surface area (TPSA) is 69.3 Å². The molecule has 4 aromatic rings. The van der Waals surface area contributed by atoms with Crippen LogP contribution in [0.2, 0.25) is 0 Å². The van der Waals surface area contributed by atoms with E-state index >= 15 is 0 Å². The minimum absolute atomic E-state index is 0.253. The van der Waals surface area contributed by atoms with E-state index in [-0.39, 0.29) is 5.91 Å². The van der Waals surface area contributed by atoms with Crippen LogP contribution in [-0.4, -0.2) is 22.8 Å². The molecule has 0 atom stereocenters. The summed E-state index contributed by atoms with van der Waals surface area (Å²) in [4.78, 5) is 12.4. The molecule has 0 bridgehead atoms. The summed E-state index contributed by atoms with van der Waals surface area (Å²) in [5, 5.41) is 8.81. The standard InChI is InChI=1S/C18H15N3O3/c1-21-10-11(9-19-21)18(22)20-14-8-16-13(7-17(14)23-2)12-5-3-4-6-15(12)24-16/h3-10H,1-2H3,(H,20,22). The molecule has 1 N–H and O–H groups in total. The lowest BCUT2D eigenvalue weighted by Gasteiger charge is -2.09. The largest absolute Gasteiger partial charge is 0.495 e. The molecule has 120 valence electrons. The van der Waals surface area contributed by atoms with Gasteiger partial charge in [-0.3, -0.25) is 9.48 Å². The Morgan fingerprint density at radius 1 is 1.21 bits per heavy atom. The Hall–Kier alpha value is -3.28. The van der Waals surface area contributed by atoms with Gasteiger partial charge >= 0.3 is 0 Å². The molecule has 0 spiro atoms. The number of furan rings is 1. The molecule has 2 heterocycles. The molecule has 6 nitrogen and oxygen atoms in total. The van der Waals surface area contributed by atoms with E-state index in [0.29, 0.717) is 22.6 Å². The number of ether oxygens (including phenoxy) is 1. The van der Waals surface area contributed by atoms with E-state index in [0.717, 1.165) is 16.4 Å². The predicted octanol–water partition coefficient (Wildman–Crippen LogP) is 3.58. The fourth-order valence-electron chi connectivity index (χ4n) is 2.75. The molecule has 0 unspecified atom stereocenters. The molecule has 4 rings (SSSR count). The van der Waals surface area contributed by atoms with Gasteiger partial charge in [0.25, 0.3) is 5.91 Å². The molecule has 0 saturated carbocycles. The lowest BCUT2D eigenvalue weighted by Crippen LogP contribution is -2.11. The van der Waals surface area contributed by atoms with Crippen molar-refractivity contribution in [3.63, 3.8) is 0 Å². The maximum atomic E-state index is 12.4. The Morgan fingerprint density at radius 2 is 2.04 bits per heavy atom. The molecule has 0 saturated heterocycles. The number of para-hydroxylation sites is 1. The number of carbonyl (C=O) groups excluding carboxylic acids is 1. The smallest absolute Gasteiger partial charge is 0.258 e. The molecular weight excluding hydrogens is 306 g/mol. The molecule has 0 aliphatic rings. The number of anilines is 1. The van der Waals surface area contributed by atoms with Crippen molar-refractivity contribution in [2.45, 2.75) is 0 Å². The second-order valence-electron chi connectivity index (χ2n) is 5.50. The Morgan fingerprint density at radius 3 is 2.79 bits per heavy atom. The third-order valence-corrected chi connectivity index (χ3v) is 3.91. The predicted molar refractivity (Wildman–Crippen MR) is 91.4 cm³/mol. The third kappa shape index (κ3) is 2.28. The first-order valence-electron chi connectivity index (χ1n) is 7.45. The van der Waals surface area contributed by atoms with Crippen molar-refractivity contribution in [3.05, 3.63) is 54.4 Å².